The van der Waals surface area contributed by atoms with Crippen LogP contribution in [-0.2, 0) is 30.4 Å². The Morgan fingerprint density at radius 3 is 2.44 bits per heavy atom. The number of nitrogens with zero attached hydrogens (tertiary/aromatic N) is 2. The van der Waals surface area contributed by atoms with Gasteiger partial charge in [-0.3, -0.25) is 14.4 Å². The van der Waals surface area contributed by atoms with Crippen LogP contribution in [0.5, 0.6) is 0 Å². The number of nitrogens with one attached hydrogen (secondary N) is 2. The Kier molecular flexibility index (Phi) is 12.6. The van der Waals surface area contributed by atoms with Gasteiger partial charge in [0.1, 0.15) is 12.1 Å². The van der Waals surface area contributed by atoms with E-state index in [-0.39, 0.29) is 44.4 Å². The molecule has 3 amide bonds. The summed E-state index contributed by atoms with van der Waals surface area (Å²) in [6.07, 6.45) is -0.610. The fraction of sp³-hybridized carbons (Fsp3) is 0.586. The van der Waals surface area contributed by atoms with Crippen LogP contribution in [0.4, 0.5) is 0 Å². The summed E-state index contributed by atoms with van der Waals surface area (Å²) in [4.78, 5) is 46.3. The smallest absolute Gasteiger partial charge is 0.246 e. The summed E-state index contributed by atoms with van der Waals surface area (Å²) in [5.41, 5.74) is 4.15. The van der Waals surface area contributed by atoms with E-state index in [1.807, 2.05) is 57.5 Å². The molecule has 2 aromatic rings. The standard InChI is InChI=1S/C29H42N4O6S2/c1-19-25(41-18-31-19)21-7-5-20(6-8-21)16-30-27(36)23-15-22(34)17-33(23)28(37)26(29(2,3)4)32-24(35)9-10-38-11-12-39-13-14-40/h5-8,18,22-23,26,34,40H,9-17H2,1-4H3,(H,30,36)(H,32,35)/t22-,23+,26-/m1/s1. The molecular formula is C29H42N4O6S2. The van der Waals surface area contributed by atoms with Crippen molar-refractivity contribution in [3.8, 4) is 10.4 Å². The molecule has 3 N–H and O–H groups in total. The first-order valence-electron chi connectivity index (χ1n) is 13.8. The van der Waals surface area contributed by atoms with Crippen LogP contribution in [0.15, 0.2) is 29.8 Å². The van der Waals surface area contributed by atoms with Crippen LogP contribution in [0.1, 0.15) is 44.9 Å². The predicted octanol–water partition coefficient (Wildman–Crippen LogP) is 2.58. The van der Waals surface area contributed by atoms with E-state index < -0.39 is 29.5 Å². The molecule has 1 aromatic carbocycles. The molecule has 1 saturated heterocycles. The van der Waals surface area contributed by atoms with Gasteiger partial charge in [-0.25, -0.2) is 4.98 Å². The zero-order valence-electron chi connectivity index (χ0n) is 24.2. The van der Waals surface area contributed by atoms with E-state index in [0.29, 0.717) is 25.6 Å². The van der Waals surface area contributed by atoms with E-state index >= 15 is 0 Å². The van der Waals surface area contributed by atoms with Gasteiger partial charge in [-0.05, 0) is 23.5 Å². The highest BCUT2D eigenvalue weighted by Gasteiger charge is 2.44. The molecule has 226 valence electrons. The third-order valence-corrected chi connectivity index (χ3v) is 7.95. The maximum Gasteiger partial charge on any atom is 0.246 e. The van der Waals surface area contributed by atoms with Crippen molar-refractivity contribution in [1.29, 1.82) is 0 Å². The van der Waals surface area contributed by atoms with Crippen LogP contribution < -0.4 is 10.6 Å². The Morgan fingerprint density at radius 2 is 1.83 bits per heavy atom. The molecule has 1 aliphatic rings. The lowest BCUT2D eigenvalue weighted by molar-refractivity contribution is -0.144. The van der Waals surface area contributed by atoms with Crippen molar-refractivity contribution in [1.82, 2.24) is 20.5 Å². The van der Waals surface area contributed by atoms with Crippen molar-refractivity contribution in [3.05, 3.63) is 41.0 Å². The average molecular weight is 607 g/mol. The van der Waals surface area contributed by atoms with E-state index in [4.69, 9.17) is 9.47 Å². The highest BCUT2D eigenvalue weighted by atomic mass is 32.1. The first-order chi connectivity index (χ1) is 19.5. The number of rotatable bonds is 14. The fourth-order valence-corrected chi connectivity index (χ4v) is 5.51. The summed E-state index contributed by atoms with van der Waals surface area (Å²) in [5.74, 6) is -0.437. The van der Waals surface area contributed by atoms with E-state index in [1.54, 1.807) is 11.3 Å². The summed E-state index contributed by atoms with van der Waals surface area (Å²) in [5, 5.41) is 16.1. The molecule has 0 saturated carbocycles. The van der Waals surface area contributed by atoms with Gasteiger partial charge in [0.2, 0.25) is 17.7 Å². The number of carbonyl (C=O) groups excluding carboxylic acids is 3. The third kappa shape index (κ3) is 9.78. The summed E-state index contributed by atoms with van der Waals surface area (Å²) >= 11 is 5.65. The van der Waals surface area contributed by atoms with Crippen molar-refractivity contribution < 1.29 is 29.0 Å². The summed E-state index contributed by atoms with van der Waals surface area (Å²) < 4.78 is 10.7. The Bertz CT molecular complexity index is 1150. The molecule has 0 spiro atoms. The van der Waals surface area contributed by atoms with Crippen molar-refractivity contribution in [2.45, 2.75) is 65.3 Å². The topological polar surface area (TPSA) is 130 Å². The van der Waals surface area contributed by atoms with E-state index in [0.717, 1.165) is 21.7 Å². The molecule has 1 aromatic heterocycles. The first-order valence-corrected chi connectivity index (χ1v) is 15.3. The number of amides is 3. The van der Waals surface area contributed by atoms with E-state index in [9.17, 15) is 19.5 Å². The Morgan fingerprint density at radius 1 is 1.15 bits per heavy atom. The first kappa shape index (κ1) is 33.0. The lowest BCUT2D eigenvalue weighted by Gasteiger charge is -2.35. The number of likely N-dealkylation sites (tertiary alicyclic amines) is 1. The minimum absolute atomic E-state index is 0.0255. The second kappa shape index (κ2) is 15.6. The number of hydrogen-bond donors (Lipinski definition) is 4. The van der Waals surface area contributed by atoms with Gasteiger partial charge in [0.25, 0.3) is 0 Å². The minimum Gasteiger partial charge on any atom is -0.391 e. The molecule has 1 fully saturated rings. The number of hydrogen-bond acceptors (Lipinski definition) is 9. The minimum atomic E-state index is -0.878. The number of aliphatic hydroxyl groups excluding tert-OH is 1. The van der Waals surface area contributed by atoms with Gasteiger partial charge in [-0.1, -0.05) is 45.0 Å². The molecule has 0 aliphatic carbocycles. The van der Waals surface area contributed by atoms with Crippen LogP contribution in [0.2, 0.25) is 0 Å². The zero-order chi connectivity index (χ0) is 30.0. The zero-order valence-corrected chi connectivity index (χ0v) is 25.9. The van der Waals surface area contributed by atoms with Gasteiger partial charge in [-0.2, -0.15) is 12.6 Å². The molecule has 3 rings (SSSR count). The Labute approximate surface area is 251 Å². The maximum absolute atomic E-state index is 13.7. The van der Waals surface area contributed by atoms with Crippen molar-refractivity contribution in [3.63, 3.8) is 0 Å². The van der Waals surface area contributed by atoms with Crippen LogP contribution in [0, 0.1) is 12.3 Å². The lowest BCUT2D eigenvalue weighted by Crippen LogP contribution is -2.57. The van der Waals surface area contributed by atoms with Crippen LogP contribution in [-0.4, -0.2) is 89.6 Å². The van der Waals surface area contributed by atoms with Gasteiger partial charge in [0.05, 0.1) is 48.6 Å². The number of ether oxygens (including phenoxy) is 2. The summed E-state index contributed by atoms with van der Waals surface area (Å²) in [6.45, 7) is 9.35. The van der Waals surface area contributed by atoms with Crippen molar-refractivity contribution >= 4 is 41.7 Å². The highest BCUT2D eigenvalue weighted by Crippen LogP contribution is 2.28. The molecule has 41 heavy (non-hydrogen) atoms. The summed E-state index contributed by atoms with van der Waals surface area (Å²) in [7, 11) is 0. The molecule has 0 bridgehead atoms. The maximum atomic E-state index is 13.7. The number of aryl methyl sites for hydroxylation is 1. The monoisotopic (exact) mass is 606 g/mol. The molecule has 0 unspecified atom stereocenters. The van der Waals surface area contributed by atoms with Gasteiger partial charge >= 0.3 is 0 Å². The normalized spacial score (nSPS) is 17.9. The van der Waals surface area contributed by atoms with Gasteiger partial charge in [-0.15, -0.1) is 11.3 Å². The second-order valence-corrected chi connectivity index (χ2v) is 12.4. The Balaban J connectivity index is 1.57. The largest absolute Gasteiger partial charge is 0.391 e. The lowest BCUT2D eigenvalue weighted by atomic mass is 9.85. The van der Waals surface area contributed by atoms with Crippen molar-refractivity contribution in [2.24, 2.45) is 5.41 Å². The van der Waals surface area contributed by atoms with Crippen molar-refractivity contribution in [2.75, 3.05) is 38.7 Å². The van der Waals surface area contributed by atoms with Crippen LogP contribution in [0.25, 0.3) is 10.4 Å². The van der Waals surface area contributed by atoms with Crippen LogP contribution in [0.3, 0.4) is 0 Å². The highest BCUT2D eigenvalue weighted by molar-refractivity contribution is 7.80. The van der Waals surface area contributed by atoms with E-state index in [1.165, 1.54) is 4.90 Å². The number of aliphatic hydroxyl groups is 1. The number of aromatic nitrogens is 1. The van der Waals surface area contributed by atoms with Gasteiger partial charge in [0.15, 0.2) is 0 Å². The second-order valence-electron chi connectivity index (χ2n) is 11.1. The molecule has 10 nitrogen and oxygen atoms in total. The molecule has 1 aliphatic heterocycles. The summed E-state index contributed by atoms with van der Waals surface area (Å²) in [6, 6.07) is 6.18. The SMILES string of the molecule is Cc1ncsc1-c1ccc(CNC(=O)[C@@H]2C[C@@H](O)CN2C(=O)[C@@H](NC(=O)CCOCCOCCS)C(C)(C)C)cc1. The number of carbonyl (C=O) groups is 3. The van der Waals surface area contributed by atoms with E-state index in [2.05, 4.69) is 28.2 Å². The average Bonchev–Trinajstić information content (AvgIpc) is 3.54. The molecular weight excluding hydrogens is 564 g/mol. The Hall–Kier alpha value is -2.51. The third-order valence-electron chi connectivity index (χ3n) is 6.79. The number of thiazole rings is 1. The van der Waals surface area contributed by atoms with Gasteiger partial charge < -0.3 is 30.1 Å². The number of β-amino-alcohol motifs (C(OH)–C–C–N with tert-alkyl or cyclic N) is 1. The molecule has 0 radical (unpaired) electrons. The molecule has 3 atom stereocenters. The van der Waals surface area contributed by atoms with Gasteiger partial charge in [0, 0.05) is 31.7 Å². The fourth-order valence-electron chi connectivity index (χ4n) is 4.56. The number of thiol groups is 1. The molecule has 2 heterocycles. The molecule has 12 heteroatoms. The predicted molar refractivity (Wildman–Crippen MR) is 162 cm³/mol. The quantitative estimate of drug-likeness (QED) is 0.192. The van der Waals surface area contributed by atoms with Crippen LogP contribution >= 0.6 is 24.0 Å². The number of benzene rings is 1.